The summed E-state index contributed by atoms with van der Waals surface area (Å²) in [6.07, 6.45) is 6.68. The molecule has 1 aromatic rings. The largest absolute Gasteiger partial charge is 0.370 e. The van der Waals surface area contributed by atoms with E-state index in [0.29, 0.717) is 17.8 Å². The Hall–Kier alpha value is -1.23. The van der Waals surface area contributed by atoms with Gasteiger partial charge in [-0.05, 0) is 38.0 Å². The maximum Gasteiger partial charge on any atom is 0.223 e. The third kappa shape index (κ3) is 2.43. The summed E-state index contributed by atoms with van der Waals surface area (Å²) in [5.41, 5.74) is 5.50. The SMILES string of the molecule is COC1(c2nc(N)nc(C3CC3)n2)CCCC(C)C1. The van der Waals surface area contributed by atoms with Gasteiger partial charge in [0.2, 0.25) is 5.95 Å². The van der Waals surface area contributed by atoms with Gasteiger partial charge in [-0.1, -0.05) is 13.3 Å². The summed E-state index contributed by atoms with van der Waals surface area (Å²) in [5, 5.41) is 0. The molecule has 0 spiro atoms. The molecule has 5 nitrogen and oxygen atoms in total. The number of hydrogen-bond donors (Lipinski definition) is 1. The fourth-order valence-electron chi connectivity index (χ4n) is 3.12. The third-order valence-corrected chi connectivity index (χ3v) is 4.37. The molecule has 2 aliphatic carbocycles. The van der Waals surface area contributed by atoms with Gasteiger partial charge in [0.1, 0.15) is 11.4 Å². The van der Waals surface area contributed by atoms with Crippen molar-refractivity contribution in [3.63, 3.8) is 0 Å². The van der Waals surface area contributed by atoms with E-state index in [1.807, 2.05) is 0 Å². The van der Waals surface area contributed by atoms with Crippen molar-refractivity contribution in [2.24, 2.45) is 5.92 Å². The maximum absolute atomic E-state index is 5.86. The van der Waals surface area contributed by atoms with Crippen LogP contribution in [0.25, 0.3) is 0 Å². The molecule has 1 aromatic heterocycles. The average molecular weight is 262 g/mol. The minimum Gasteiger partial charge on any atom is -0.370 e. The van der Waals surface area contributed by atoms with Crippen LogP contribution in [0.3, 0.4) is 0 Å². The molecule has 0 saturated heterocycles. The van der Waals surface area contributed by atoms with Crippen LogP contribution in [-0.2, 0) is 10.3 Å². The number of nitrogens with zero attached hydrogens (tertiary/aromatic N) is 3. The van der Waals surface area contributed by atoms with Crippen molar-refractivity contribution in [2.75, 3.05) is 12.8 Å². The third-order valence-electron chi connectivity index (χ3n) is 4.37. The summed E-state index contributed by atoms with van der Waals surface area (Å²) >= 11 is 0. The van der Waals surface area contributed by atoms with Gasteiger partial charge in [-0.25, -0.2) is 4.98 Å². The lowest BCUT2D eigenvalue weighted by atomic mass is 9.78. The second-order valence-electron chi connectivity index (χ2n) is 6.05. The predicted octanol–water partition coefficient (Wildman–Crippen LogP) is 2.38. The Morgan fingerprint density at radius 3 is 2.63 bits per heavy atom. The van der Waals surface area contributed by atoms with Crippen LogP contribution in [0.5, 0.6) is 0 Å². The van der Waals surface area contributed by atoms with Gasteiger partial charge in [-0.15, -0.1) is 0 Å². The molecule has 0 aromatic carbocycles. The molecule has 2 atom stereocenters. The number of anilines is 1. The van der Waals surface area contributed by atoms with E-state index in [2.05, 4.69) is 21.9 Å². The molecule has 2 fully saturated rings. The normalized spacial score (nSPS) is 31.4. The van der Waals surface area contributed by atoms with Crippen molar-refractivity contribution < 1.29 is 4.74 Å². The van der Waals surface area contributed by atoms with Gasteiger partial charge in [-0.2, -0.15) is 9.97 Å². The van der Waals surface area contributed by atoms with Crippen LogP contribution < -0.4 is 5.73 Å². The van der Waals surface area contributed by atoms with Crippen molar-refractivity contribution in [3.8, 4) is 0 Å². The van der Waals surface area contributed by atoms with Crippen LogP contribution in [0, 0.1) is 5.92 Å². The number of hydrogen-bond acceptors (Lipinski definition) is 5. The van der Waals surface area contributed by atoms with Gasteiger partial charge in [0, 0.05) is 13.0 Å². The minimum absolute atomic E-state index is 0.335. The first kappa shape index (κ1) is 12.8. The average Bonchev–Trinajstić information content (AvgIpc) is 3.22. The van der Waals surface area contributed by atoms with Crippen molar-refractivity contribution in [1.29, 1.82) is 0 Å². The molecule has 0 aliphatic heterocycles. The highest BCUT2D eigenvalue weighted by atomic mass is 16.5. The molecule has 1 heterocycles. The molecule has 2 N–H and O–H groups in total. The molecule has 2 unspecified atom stereocenters. The van der Waals surface area contributed by atoms with E-state index >= 15 is 0 Å². The Kier molecular flexibility index (Phi) is 3.17. The fourth-order valence-corrected chi connectivity index (χ4v) is 3.12. The standard InChI is InChI=1S/C14H22N4O/c1-9-4-3-7-14(8-9,19-2)12-16-11(10-5-6-10)17-13(15)18-12/h9-10H,3-8H2,1-2H3,(H2,15,16,17,18). The maximum atomic E-state index is 5.86. The molecule has 2 saturated carbocycles. The lowest BCUT2D eigenvalue weighted by Gasteiger charge is -2.37. The zero-order chi connectivity index (χ0) is 13.5. The summed E-state index contributed by atoms with van der Waals surface area (Å²) in [5.74, 6) is 3.06. The number of aromatic nitrogens is 3. The second kappa shape index (κ2) is 4.71. The molecule has 3 rings (SSSR count). The molecular weight excluding hydrogens is 240 g/mol. The Balaban J connectivity index is 1.98. The number of ether oxygens (including phenoxy) is 1. The second-order valence-corrected chi connectivity index (χ2v) is 6.05. The van der Waals surface area contributed by atoms with Gasteiger partial charge in [0.15, 0.2) is 5.82 Å². The van der Waals surface area contributed by atoms with Crippen LogP contribution in [0.2, 0.25) is 0 Å². The molecule has 0 amide bonds. The number of nitrogens with two attached hydrogens (primary N) is 1. The van der Waals surface area contributed by atoms with Gasteiger partial charge in [0.25, 0.3) is 0 Å². The van der Waals surface area contributed by atoms with E-state index in [1.165, 1.54) is 19.3 Å². The number of methoxy groups -OCH3 is 1. The Morgan fingerprint density at radius 2 is 2.00 bits per heavy atom. The van der Waals surface area contributed by atoms with E-state index in [1.54, 1.807) is 7.11 Å². The number of nitrogen functional groups attached to an aromatic ring is 1. The first-order chi connectivity index (χ1) is 9.13. The van der Waals surface area contributed by atoms with E-state index in [9.17, 15) is 0 Å². The van der Waals surface area contributed by atoms with Gasteiger partial charge in [-0.3, -0.25) is 0 Å². The highest BCUT2D eigenvalue weighted by Gasteiger charge is 2.40. The quantitative estimate of drug-likeness (QED) is 0.905. The minimum atomic E-state index is -0.363. The Labute approximate surface area is 114 Å². The summed E-state index contributed by atoms with van der Waals surface area (Å²) < 4.78 is 5.84. The molecule has 0 bridgehead atoms. The number of rotatable bonds is 3. The van der Waals surface area contributed by atoms with Gasteiger partial charge >= 0.3 is 0 Å². The molecule has 104 valence electrons. The predicted molar refractivity (Wildman–Crippen MR) is 72.5 cm³/mol. The van der Waals surface area contributed by atoms with Crippen LogP contribution in [0.15, 0.2) is 0 Å². The van der Waals surface area contributed by atoms with E-state index in [4.69, 9.17) is 10.5 Å². The van der Waals surface area contributed by atoms with Crippen molar-refractivity contribution in [1.82, 2.24) is 15.0 Å². The summed E-state index contributed by atoms with van der Waals surface area (Å²) in [4.78, 5) is 13.3. The molecule has 0 radical (unpaired) electrons. The smallest absolute Gasteiger partial charge is 0.223 e. The Morgan fingerprint density at radius 1 is 1.21 bits per heavy atom. The van der Waals surface area contributed by atoms with Crippen LogP contribution in [-0.4, -0.2) is 22.1 Å². The molecule has 19 heavy (non-hydrogen) atoms. The van der Waals surface area contributed by atoms with E-state index < -0.39 is 0 Å². The molecule has 2 aliphatic rings. The van der Waals surface area contributed by atoms with E-state index in [-0.39, 0.29) is 5.60 Å². The molecular formula is C14H22N4O. The highest BCUT2D eigenvalue weighted by Crippen LogP contribution is 2.43. The summed E-state index contributed by atoms with van der Waals surface area (Å²) in [7, 11) is 1.76. The summed E-state index contributed by atoms with van der Waals surface area (Å²) in [6, 6.07) is 0. The van der Waals surface area contributed by atoms with Crippen LogP contribution in [0.1, 0.15) is 63.0 Å². The Bertz CT molecular complexity index is 475. The lowest BCUT2D eigenvalue weighted by molar-refractivity contribution is -0.0648. The monoisotopic (exact) mass is 262 g/mol. The first-order valence-electron chi connectivity index (χ1n) is 7.20. The van der Waals surface area contributed by atoms with Crippen molar-refractivity contribution in [2.45, 2.75) is 57.0 Å². The summed E-state index contributed by atoms with van der Waals surface area (Å²) in [6.45, 7) is 2.26. The highest BCUT2D eigenvalue weighted by molar-refractivity contribution is 5.22. The first-order valence-corrected chi connectivity index (χ1v) is 7.20. The van der Waals surface area contributed by atoms with E-state index in [0.717, 1.165) is 30.9 Å². The molecule has 5 heteroatoms. The van der Waals surface area contributed by atoms with Gasteiger partial charge in [0.05, 0.1) is 0 Å². The van der Waals surface area contributed by atoms with Crippen LogP contribution >= 0.6 is 0 Å². The van der Waals surface area contributed by atoms with Gasteiger partial charge < -0.3 is 10.5 Å². The fraction of sp³-hybridized carbons (Fsp3) is 0.786. The zero-order valence-corrected chi connectivity index (χ0v) is 11.7. The van der Waals surface area contributed by atoms with Crippen LogP contribution in [0.4, 0.5) is 5.95 Å². The topological polar surface area (TPSA) is 73.9 Å². The van der Waals surface area contributed by atoms with Crippen molar-refractivity contribution in [3.05, 3.63) is 11.6 Å². The lowest BCUT2D eigenvalue weighted by Crippen LogP contribution is -2.36. The van der Waals surface area contributed by atoms with Crippen molar-refractivity contribution >= 4 is 5.95 Å². The zero-order valence-electron chi connectivity index (χ0n) is 11.7.